The van der Waals surface area contributed by atoms with E-state index in [4.69, 9.17) is 0 Å². The van der Waals surface area contributed by atoms with E-state index >= 15 is 0 Å². The number of nitrogens with zero attached hydrogens (tertiary/aromatic N) is 6. The average Bonchev–Trinajstić information content (AvgIpc) is 2.93. The van der Waals surface area contributed by atoms with Crippen molar-refractivity contribution in [1.82, 2.24) is 29.4 Å². The van der Waals surface area contributed by atoms with Crippen molar-refractivity contribution in [2.45, 2.75) is 20.8 Å². The molecule has 0 aliphatic heterocycles. The highest BCUT2D eigenvalue weighted by Crippen LogP contribution is 2.21. The SMILES string of the molecule is Cc1nc2ncnn2c(Nc2cc(C)n(C)n2)c1C. The van der Waals surface area contributed by atoms with Crippen LogP contribution in [0.15, 0.2) is 12.4 Å². The first-order valence-electron chi connectivity index (χ1n) is 6.01. The summed E-state index contributed by atoms with van der Waals surface area (Å²) < 4.78 is 3.51. The fourth-order valence-electron chi connectivity index (χ4n) is 1.92. The van der Waals surface area contributed by atoms with E-state index < -0.39 is 0 Å². The molecule has 0 saturated heterocycles. The first-order chi connectivity index (χ1) is 9.06. The molecule has 0 fully saturated rings. The summed E-state index contributed by atoms with van der Waals surface area (Å²) >= 11 is 0. The molecule has 98 valence electrons. The summed E-state index contributed by atoms with van der Waals surface area (Å²) in [7, 11) is 1.91. The van der Waals surface area contributed by atoms with E-state index in [-0.39, 0.29) is 0 Å². The van der Waals surface area contributed by atoms with Crippen molar-refractivity contribution in [2.75, 3.05) is 5.32 Å². The van der Waals surface area contributed by atoms with Crippen LogP contribution in [-0.2, 0) is 7.05 Å². The molecule has 3 rings (SSSR count). The zero-order valence-corrected chi connectivity index (χ0v) is 11.3. The number of aryl methyl sites for hydroxylation is 3. The highest BCUT2D eigenvalue weighted by atomic mass is 15.4. The number of nitrogens with one attached hydrogen (secondary N) is 1. The maximum atomic E-state index is 4.39. The van der Waals surface area contributed by atoms with Crippen LogP contribution in [0.4, 0.5) is 11.6 Å². The Morgan fingerprint density at radius 1 is 1.21 bits per heavy atom. The zero-order chi connectivity index (χ0) is 13.6. The lowest BCUT2D eigenvalue weighted by atomic mass is 10.2. The summed E-state index contributed by atoms with van der Waals surface area (Å²) in [6.45, 7) is 5.97. The van der Waals surface area contributed by atoms with E-state index in [1.165, 1.54) is 6.33 Å². The minimum Gasteiger partial charge on any atom is -0.323 e. The molecule has 0 radical (unpaired) electrons. The van der Waals surface area contributed by atoms with Crippen molar-refractivity contribution < 1.29 is 0 Å². The van der Waals surface area contributed by atoms with E-state index in [1.54, 1.807) is 4.52 Å². The van der Waals surface area contributed by atoms with Gasteiger partial charge < -0.3 is 5.32 Å². The molecule has 0 spiro atoms. The Morgan fingerprint density at radius 3 is 2.68 bits per heavy atom. The van der Waals surface area contributed by atoms with Gasteiger partial charge in [-0.1, -0.05) is 0 Å². The number of anilines is 2. The second-order valence-electron chi connectivity index (χ2n) is 4.56. The van der Waals surface area contributed by atoms with Gasteiger partial charge in [0.05, 0.1) is 0 Å². The van der Waals surface area contributed by atoms with Crippen molar-refractivity contribution in [3.63, 3.8) is 0 Å². The normalized spacial score (nSPS) is 11.2. The Kier molecular flexibility index (Phi) is 2.48. The van der Waals surface area contributed by atoms with Gasteiger partial charge in [-0.2, -0.15) is 19.7 Å². The Morgan fingerprint density at radius 2 is 2.00 bits per heavy atom. The van der Waals surface area contributed by atoms with Gasteiger partial charge in [0.2, 0.25) is 0 Å². The van der Waals surface area contributed by atoms with Crippen molar-refractivity contribution in [3.05, 3.63) is 29.3 Å². The lowest BCUT2D eigenvalue weighted by molar-refractivity contribution is 0.742. The average molecular weight is 257 g/mol. The predicted molar refractivity (Wildman–Crippen MR) is 71.5 cm³/mol. The molecule has 0 aromatic carbocycles. The van der Waals surface area contributed by atoms with Crippen LogP contribution >= 0.6 is 0 Å². The molecular weight excluding hydrogens is 242 g/mol. The van der Waals surface area contributed by atoms with Gasteiger partial charge in [-0.25, -0.2) is 4.98 Å². The molecule has 0 unspecified atom stereocenters. The molecule has 3 heterocycles. The zero-order valence-electron chi connectivity index (χ0n) is 11.3. The molecule has 7 nitrogen and oxygen atoms in total. The van der Waals surface area contributed by atoms with Gasteiger partial charge in [-0.15, -0.1) is 0 Å². The largest absolute Gasteiger partial charge is 0.323 e. The minimum absolute atomic E-state index is 0.582. The van der Waals surface area contributed by atoms with Gasteiger partial charge in [0.15, 0.2) is 5.82 Å². The van der Waals surface area contributed by atoms with Crippen LogP contribution in [0.3, 0.4) is 0 Å². The molecule has 0 atom stereocenters. The highest BCUT2D eigenvalue weighted by Gasteiger charge is 2.12. The summed E-state index contributed by atoms with van der Waals surface area (Å²) in [6, 6.07) is 1.98. The molecule has 0 bridgehead atoms. The third-order valence-electron chi connectivity index (χ3n) is 3.27. The summed E-state index contributed by atoms with van der Waals surface area (Å²) in [6.07, 6.45) is 1.50. The molecule has 7 heteroatoms. The van der Waals surface area contributed by atoms with Crippen LogP contribution in [0, 0.1) is 20.8 Å². The molecule has 0 aliphatic rings. The van der Waals surface area contributed by atoms with Gasteiger partial charge in [-0.3, -0.25) is 4.68 Å². The topological polar surface area (TPSA) is 72.9 Å². The summed E-state index contributed by atoms with van der Waals surface area (Å²) in [4.78, 5) is 8.50. The number of hydrogen-bond donors (Lipinski definition) is 1. The van der Waals surface area contributed by atoms with Crippen LogP contribution in [0.2, 0.25) is 0 Å². The quantitative estimate of drug-likeness (QED) is 0.753. The standard InChI is InChI=1S/C12H15N7/c1-7-5-10(17-18(7)4)16-11-8(2)9(3)15-12-13-6-14-19(11)12/h5-6H,1-4H3,(H,16,17). The first-order valence-corrected chi connectivity index (χ1v) is 6.01. The number of rotatable bonds is 2. The van der Waals surface area contributed by atoms with Crippen LogP contribution in [0.25, 0.3) is 5.78 Å². The Bertz CT molecular complexity index is 733. The summed E-state index contributed by atoms with van der Waals surface area (Å²) in [5.74, 6) is 2.21. The minimum atomic E-state index is 0.582. The fraction of sp³-hybridized carbons (Fsp3) is 0.333. The predicted octanol–water partition coefficient (Wildman–Crippen LogP) is 1.53. The number of aromatic nitrogens is 6. The van der Waals surface area contributed by atoms with Gasteiger partial charge in [0.25, 0.3) is 5.78 Å². The van der Waals surface area contributed by atoms with Crippen molar-refractivity contribution in [2.24, 2.45) is 7.05 Å². The molecule has 0 saturated carbocycles. The van der Waals surface area contributed by atoms with Crippen molar-refractivity contribution >= 4 is 17.4 Å². The second-order valence-corrected chi connectivity index (χ2v) is 4.56. The van der Waals surface area contributed by atoms with Crippen LogP contribution < -0.4 is 5.32 Å². The first kappa shape index (κ1) is 11.6. The Balaban J connectivity index is 2.13. The monoisotopic (exact) mass is 257 g/mol. The van der Waals surface area contributed by atoms with Crippen molar-refractivity contribution in [3.8, 4) is 0 Å². The second kappa shape index (κ2) is 4.04. The summed E-state index contributed by atoms with van der Waals surface area (Å²) in [5.41, 5.74) is 3.04. The summed E-state index contributed by atoms with van der Waals surface area (Å²) in [5, 5.41) is 11.9. The molecule has 3 aromatic rings. The highest BCUT2D eigenvalue weighted by molar-refractivity contribution is 5.60. The van der Waals surface area contributed by atoms with Crippen LogP contribution in [-0.4, -0.2) is 29.4 Å². The molecule has 19 heavy (non-hydrogen) atoms. The maximum absolute atomic E-state index is 4.39. The van der Waals surface area contributed by atoms with Gasteiger partial charge >= 0.3 is 0 Å². The van der Waals surface area contributed by atoms with Crippen molar-refractivity contribution in [1.29, 1.82) is 0 Å². The molecule has 1 N–H and O–H groups in total. The van der Waals surface area contributed by atoms with E-state index in [0.29, 0.717) is 5.78 Å². The van der Waals surface area contributed by atoms with E-state index in [9.17, 15) is 0 Å². The Hall–Kier alpha value is -2.44. The number of fused-ring (bicyclic) bond motifs is 1. The number of hydrogen-bond acceptors (Lipinski definition) is 5. The molecule has 0 aliphatic carbocycles. The third-order valence-corrected chi connectivity index (χ3v) is 3.27. The lowest BCUT2D eigenvalue weighted by Gasteiger charge is -2.10. The van der Waals surface area contributed by atoms with Gasteiger partial charge in [-0.05, 0) is 20.8 Å². The molecular formula is C12H15N7. The van der Waals surface area contributed by atoms with E-state index in [0.717, 1.165) is 28.6 Å². The lowest BCUT2D eigenvalue weighted by Crippen LogP contribution is -2.06. The van der Waals surface area contributed by atoms with Gasteiger partial charge in [0, 0.05) is 30.1 Å². The van der Waals surface area contributed by atoms with E-state index in [2.05, 4.69) is 25.5 Å². The smallest absolute Gasteiger partial charge is 0.254 e. The van der Waals surface area contributed by atoms with Gasteiger partial charge in [0.1, 0.15) is 12.1 Å². The fourth-order valence-corrected chi connectivity index (χ4v) is 1.92. The molecule has 3 aromatic heterocycles. The third kappa shape index (κ3) is 1.83. The maximum Gasteiger partial charge on any atom is 0.254 e. The van der Waals surface area contributed by atoms with E-state index in [1.807, 2.05) is 38.6 Å². The van der Waals surface area contributed by atoms with Crippen LogP contribution in [0.1, 0.15) is 17.0 Å². The Labute approximate surface area is 110 Å². The van der Waals surface area contributed by atoms with Crippen LogP contribution in [0.5, 0.6) is 0 Å². The molecule has 0 amide bonds.